The minimum absolute atomic E-state index is 0.251. The highest BCUT2D eigenvalue weighted by atomic mass is 16.5. The molecule has 1 N–H and O–H groups in total. The van der Waals surface area contributed by atoms with Crippen LogP contribution < -0.4 is 10.1 Å². The maximum Gasteiger partial charge on any atom is 0.275 e. The summed E-state index contributed by atoms with van der Waals surface area (Å²) >= 11 is 0. The van der Waals surface area contributed by atoms with Crippen molar-refractivity contribution in [1.82, 2.24) is 15.0 Å². The monoisotopic (exact) mass is 334 g/mol. The molecular weight excluding hydrogens is 316 g/mol. The molecule has 0 atom stereocenters. The van der Waals surface area contributed by atoms with Gasteiger partial charge in [0.2, 0.25) is 5.88 Å². The predicted molar refractivity (Wildman–Crippen MR) is 94.9 cm³/mol. The molecule has 0 radical (unpaired) electrons. The molecule has 0 bridgehead atoms. The maximum absolute atomic E-state index is 12.1. The summed E-state index contributed by atoms with van der Waals surface area (Å²) in [5.41, 5.74) is 3.92. The van der Waals surface area contributed by atoms with Crippen molar-refractivity contribution in [3.8, 4) is 11.6 Å². The van der Waals surface area contributed by atoms with E-state index in [9.17, 15) is 4.79 Å². The van der Waals surface area contributed by atoms with Gasteiger partial charge < -0.3 is 10.1 Å². The number of aryl methyl sites for hydroxylation is 3. The van der Waals surface area contributed by atoms with Gasteiger partial charge in [-0.05, 0) is 50.1 Å². The lowest BCUT2D eigenvalue weighted by Gasteiger charge is -2.08. The SMILES string of the molecule is Cc1cnc(C(=O)Nc2ccc(Oc3ccc(C)c(C)c3)nc2)cn1. The number of carbonyl (C=O) groups excluding carboxylic acids is 1. The predicted octanol–water partition coefficient (Wildman–Crippen LogP) is 3.84. The Labute approximate surface area is 145 Å². The topological polar surface area (TPSA) is 77.0 Å². The smallest absolute Gasteiger partial charge is 0.275 e. The lowest BCUT2D eigenvalue weighted by molar-refractivity contribution is 0.102. The first-order chi connectivity index (χ1) is 12.0. The van der Waals surface area contributed by atoms with Gasteiger partial charge in [0.05, 0.1) is 23.8 Å². The second kappa shape index (κ2) is 7.09. The van der Waals surface area contributed by atoms with Crippen LogP contribution in [0.3, 0.4) is 0 Å². The molecule has 0 saturated carbocycles. The lowest BCUT2D eigenvalue weighted by atomic mass is 10.1. The molecule has 25 heavy (non-hydrogen) atoms. The molecule has 2 heterocycles. The number of nitrogens with zero attached hydrogens (tertiary/aromatic N) is 3. The van der Waals surface area contributed by atoms with Gasteiger partial charge in [0, 0.05) is 12.3 Å². The Balaban J connectivity index is 1.66. The second-order valence-corrected chi connectivity index (χ2v) is 5.73. The molecule has 1 amide bonds. The average molecular weight is 334 g/mol. The molecule has 6 nitrogen and oxygen atoms in total. The summed E-state index contributed by atoms with van der Waals surface area (Å²) in [6, 6.07) is 9.29. The van der Waals surface area contributed by atoms with Crippen molar-refractivity contribution in [3.63, 3.8) is 0 Å². The molecule has 1 aromatic carbocycles. The molecule has 0 aliphatic carbocycles. The summed E-state index contributed by atoms with van der Waals surface area (Å²) < 4.78 is 5.73. The summed E-state index contributed by atoms with van der Waals surface area (Å²) in [6.07, 6.45) is 4.53. The van der Waals surface area contributed by atoms with Gasteiger partial charge in [-0.3, -0.25) is 9.78 Å². The Morgan fingerprint density at radius 1 is 0.920 bits per heavy atom. The zero-order chi connectivity index (χ0) is 17.8. The second-order valence-electron chi connectivity index (χ2n) is 5.73. The molecule has 0 saturated heterocycles. The van der Waals surface area contributed by atoms with Crippen molar-refractivity contribution in [2.24, 2.45) is 0 Å². The molecule has 0 unspecified atom stereocenters. The molecule has 0 aliphatic rings. The fourth-order valence-electron chi connectivity index (χ4n) is 2.12. The van der Waals surface area contributed by atoms with E-state index < -0.39 is 0 Å². The van der Waals surface area contributed by atoms with E-state index in [0.29, 0.717) is 11.6 Å². The van der Waals surface area contributed by atoms with Crippen LogP contribution in [0.1, 0.15) is 27.3 Å². The van der Waals surface area contributed by atoms with Gasteiger partial charge >= 0.3 is 0 Å². The van der Waals surface area contributed by atoms with Crippen LogP contribution in [0.5, 0.6) is 11.6 Å². The van der Waals surface area contributed by atoms with Crippen molar-refractivity contribution >= 4 is 11.6 Å². The molecule has 126 valence electrons. The van der Waals surface area contributed by atoms with Crippen LogP contribution in [0.4, 0.5) is 5.69 Å². The zero-order valence-electron chi connectivity index (χ0n) is 14.3. The summed E-state index contributed by atoms with van der Waals surface area (Å²) in [4.78, 5) is 24.4. The van der Waals surface area contributed by atoms with Crippen LogP contribution >= 0.6 is 0 Å². The number of anilines is 1. The molecule has 0 fully saturated rings. The van der Waals surface area contributed by atoms with Gasteiger partial charge in [0.25, 0.3) is 5.91 Å². The van der Waals surface area contributed by atoms with E-state index in [-0.39, 0.29) is 11.6 Å². The highest BCUT2D eigenvalue weighted by Gasteiger charge is 2.08. The van der Waals surface area contributed by atoms with Gasteiger partial charge in [0.1, 0.15) is 11.4 Å². The average Bonchev–Trinajstić information content (AvgIpc) is 2.60. The van der Waals surface area contributed by atoms with E-state index in [1.807, 2.05) is 39.0 Å². The lowest BCUT2D eigenvalue weighted by Crippen LogP contribution is -2.14. The Morgan fingerprint density at radius 2 is 1.76 bits per heavy atom. The van der Waals surface area contributed by atoms with E-state index in [2.05, 4.69) is 20.3 Å². The largest absolute Gasteiger partial charge is 0.439 e. The van der Waals surface area contributed by atoms with Crippen LogP contribution in [-0.2, 0) is 0 Å². The summed E-state index contributed by atoms with van der Waals surface area (Å²) in [6.45, 7) is 5.89. The number of benzene rings is 1. The first-order valence-electron chi connectivity index (χ1n) is 7.82. The molecule has 2 aromatic heterocycles. The quantitative estimate of drug-likeness (QED) is 0.784. The first kappa shape index (κ1) is 16.6. The normalized spacial score (nSPS) is 10.4. The zero-order valence-corrected chi connectivity index (χ0v) is 14.3. The number of amides is 1. The fourth-order valence-corrected chi connectivity index (χ4v) is 2.12. The number of ether oxygens (including phenoxy) is 1. The van der Waals surface area contributed by atoms with Crippen molar-refractivity contribution < 1.29 is 9.53 Å². The number of aromatic nitrogens is 3. The van der Waals surface area contributed by atoms with Gasteiger partial charge in [-0.1, -0.05) is 6.07 Å². The van der Waals surface area contributed by atoms with E-state index >= 15 is 0 Å². The van der Waals surface area contributed by atoms with E-state index in [4.69, 9.17) is 4.74 Å². The summed E-state index contributed by atoms with van der Waals surface area (Å²) in [5, 5.41) is 2.73. The minimum Gasteiger partial charge on any atom is -0.439 e. The number of pyridine rings is 1. The molecular formula is C19H18N4O2. The van der Waals surface area contributed by atoms with Crippen molar-refractivity contribution in [2.45, 2.75) is 20.8 Å². The van der Waals surface area contributed by atoms with Crippen molar-refractivity contribution in [1.29, 1.82) is 0 Å². The van der Waals surface area contributed by atoms with E-state index in [0.717, 1.165) is 17.0 Å². The van der Waals surface area contributed by atoms with E-state index in [1.165, 1.54) is 18.0 Å². The molecule has 0 aliphatic heterocycles. The molecule has 6 heteroatoms. The summed E-state index contributed by atoms with van der Waals surface area (Å²) in [5.74, 6) is 0.843. The van der Waals surface area contributed by atoms with Crippen molar-refractivity contribution in [2.75, 3.05) is 5.32 Å². The summed E-state index contributed by atoms with van der Waals surface area (Å²) in [7, 11) is 0. The van der Waals surface area contributed by atoms with Gasteiger partial charge in [-0.15, -0.1) is 0 Å². The Kier molecular flexibility index (Phi) is 4.70. The van der Waals surface area contributed by atoms with Crippen LogP contribution in [0.15, 0.2) is 48.9 Å². The van der Waals surface area contributed by atoms with Crippen LogP contribution in [0.25, 0.3) is 0 Å². The van der Waals surface area contributed by atoms with Gasteiger partial charge in [-0.25, -0.2) is 9.97 Å². The fraction of sp³-hybridized carbons (Fsp3) is 0.158. The van der Waals surface area contributed by atoms with Crippen molar-refractivity contribution in [3.05, 3.63) is 71.4 Å². The Bertz CT molecular complexity index is 890. The van der Waals surface area contributed by atoms with Crippen LogP contribution in [0.2, 0.25) is 0 Å². The molecule has 3 rings (SSSR count). The van der Waals surface area contributed by atoms with Gasteiger partial charge in [0.15, 0.2) is 0 Å². The third-order valence-electron chi connectivity index (χ3n) is 3.71. The number of rotatable bonds is 4. The van der Waals surface area contributed by atoms with Gasteiger partial charge in [-0.2, -0.15) is 0 Å². The third kappa shape index (κ3) is 4.17. The van der Waals surface area contributed by atoms with Crippen LogP contribution in [-0.4, -0.2) is 20.9 Å². The highest BCUT2D eigenvalue weighted by molar-refractivity contribution is 6.02. The number of hydrogen-bond acceptors (Lipinski definition) is 5. The van der Waals surface area contributed by atoms with E-state index in [1.54, 1.807) is 18.3 Å². The van der Waals surface area contributed by atoms with Crippen LogP contribution in [0, 0.1) is 20.8 Å². The Hall–Kier alpha value is -3.28. The number of nitrogens with one attached hydrogen (secondary N) is 1. The molecule has 0 spiro atoms. The highest BCUT2D eigenvalue weighted by Crippen LogP contribution is 2.23. The number of hydrogen-bond donors (Lipinski definition) is 1. The standard InChI is InChI=1S/C19H18N4O2/c1-12-4-6-16(8-13(12)2)25-18-7-5-15(10-22-18)23-19(24)17-11-20-14(3)9-21-17/h4-11H,1-3H3,(H,23,24). The number of carbonyl (C=O) groups is 1. The molecule has 3 aromatic rings. The minimum atomic E-state index is -0.336. The Morgan fingerprint density at radius 3 is 2.40 bits per heavy atom. The first-order valence-corrected chi connectivity index (χ1v) is 7.82. The maximum atomic E-state index is 12.1. The third-order valence-corrected chi connectivity index (χ3v) is 3.71.